The maximum absolute atomic E-state index is 12.3. The molecule has 0 bridgehead atoms. The zero-order chi connectivity index (χ0) is 19.2. The normalized spacial score (nSPS) is 11.7. The van der Waals surface area contributed by atoms with Gasteiger partial charge in [0.25, 0.3) is 0 Å². The van der Waals surface area contributed by atoms with Crippen molar-refractivity contribution in [3.8, 4) is 16.5 Å². The van der Waals surface area contributed by atoms with E-state index in [1.54, 1.807) is 18.2 Å². The number of ether oxygens (including phenoxy) is 1. The van der Waals surface area contributed by atoms with Gasteiger partial charge in [-0.25, -0.2) is 4.79 Å². The van der Waals surface area contributed by atoms with Crippen LogP contribution in [0.15, 0.2) is 46.3 Å². The molecule has 27 heavy (non-hydrogen) atoms. The minimum absolute atomic E-state index is 0.0349. The van der Waals surface area contributed by atoms with Gasteiger partial charge < -0.3 is 19.7 Å². The third kappa shape index (κ3) is 4.50. The molecule has 2 aromatic heterocycles. The lowest BCUT2D eigenvalue weighted by atomic mass is 10.1. The first kappa shape index (κ1) is 18.6. The fraction of sp³-hybridized carbons (Fsp3) is 0.222. The molecule has 0 saturated heterocycles. The number of aromatic hydroxyl groups is 1. The number of thiophene rings is 1. The quantitative estimate of drug-likeness (QED) is 0.599. The first-order chi connectivity index (χ1) is 13.1. The van der Waals surface area contributed by atoms with E-state index in [1.165, 1.54) is 24.5 Å². The second-order valence-corrected chi connectivity index (χ2v) is 6.52. The van der Waals surface area contributed by atoms with Crippen molar-refractivity contribution in [2.45, 2.75) is 18.9 Å². The largest absolute Gasteiger partial charge is 0.508 e. The Morgan fingerprint density at radius 2 is 2.11 bits per heavy atom. The zero-order valence-corrected chi connectivity index (χ0v) is 15.2. The molecule has 9 heteroatoms. The summed E-state index contributed by atoms with van der Waals surface area (Å²) in [7, 11) is 1.21. The molecule has 0 aliphatic rings. The summed E-state index contributed by atoms with van der Waals surface area (Å²) in [5, 5.41) is 18.3. The van der Waals surface area contributed by atoms with E-state index in [-0.39, 0.29) is 24.2 Å². The summed E-state index contributed by atoms with van der Waals surface area (Å²) in [6, 6.07) is 8.91. The van der Waals surface area contributed by atoms with Crippen molar-refractivity contribution >= 4 is 23.2 Å². The van der Waals surface area contributed by atoms with Gasteiger partial charge in [-0.3, -0.25) is 4.79 Å². The SMILES string of the molecule is COC(=O)[C@@H](NC(=O)CCc1nc(-c2cccs2)no1)c1ccccc1O. The van der Waals surface area contributed by atoms with E-state index >= 15 is 0 Å². The number of aromatic nitrogens is 2. The number of phenolic OH excluding ortho intramolecular Hbond substituents is 1. The van der Waals surface area contributed by atoms with Gasteiger partial charge in [-0.05, 0) is 17.5 Å². The molecule has 3 rings (SSSR count). The summed E-state index contributed by atoms with van der Waals surface area (Å²) in [4.78, 5) is 29.4. The Balaban J connectivity index is 1.63. The first-order valence-electron chi connectivity index (χ1n) is 8.10. The zero-order valence-electron chi connectivity index (χ0n) is 14.4. The Bertz CT molecular complexity index is 923. The molecule has 0 radical (unpaired) electrons. The van der Waals surface area contributed by atoms with Crippen molar-refractivity contribution in [2.24, 2.45) is 0 Å². The van der Waals surface area contributed by atoms with Gasteiger partial charge >= 0.3 is 5.97 Å². The summed E-state index contributed by atoms with van der Waals surface area (Å²) in [6.07, 6.45) is 0.256. The summed E-state index contributed by atoms with van der Waals surface area (Å²) >= 11 is 1.49. The molecule has 8 nitrogen and oxygen atoms in total. The molecule has 3 aromatic rings. The second kappa shape index (κ2) is 8.45. The molecule has 1 amide bonds. The van der Waals surface area contributed by atoms with Crippen LogP contribution < -0.4 is 5.32 Å². The predicted molar refractivity (Wildman–Crippen MR) is 96.9 cm³/mol. The number of nitrogens with zero attached hydrogens (tertiary/aromatic N) is 2. The van der Waals surface area contributed by atoms with E-state index < -0.39 is 17.9 Å². The van der Waals surface area contributed by atoms with Gasteiger partial charge in [-0.2, -0.15) is 4.98 Å². The number of benzene rings is 1. The molecule has 0 unspecified atom stereocenters. The van der Waals surface area contributed by atoms with Crippen LogP contribution in [0.3, 0.4) is 0 Å². The molecule has 0 saturated carbocycles. The molecule has 0 spiro atoms. The average molecular weight is 387 g/mol. The highest BCUT2D eigenvalue weighted by Gasteiger charge is 2.26. The van der Waals surface area contributed by atoms with Gasteiger partial charge in [-0.1, -0.05) is 29.4 Å². The molecular weight excluding hydrogens is 370 g/mol. The van der Waals surface area contributed by atoms with E-state index in [9.17, 15) is 14.7 Å². The Morgan fingerprint density at radius 1 is 1.30 bits per heavy atom. The minimum Gasteiger partial charge on any atom is -0.508 e. The minimum atomic E-state index is -1.10. The van der Waals surface area contributed by atoms with Crippen molar-refractivity contribution in [3.63, 3.8) is 0 Å². The number of phenols is 1. The van der Waals surface area contributed by atoms with Crippen molar-refractivity contribution in [1.29, 1.82) is 0 Å². The molecule has 0 fully saturated rings. The molecule has 1 atom stereocenters. The van der Waals surface area contributed by atoms with E-state index in [0.717, 1.165) is 4.88 Å². The van der Waals surface area contributed by atoms with Crippen molar-refractivity contribution in [2.75, 3.05) is 7.11 Å². The van der Waals surface area contributed by atoms with E-state index in [4.69, 9.17) is 9.26 Å². The molecule has 0 aliphatic carbocycles. The number of carbonyl (C=O) groups is 2. The summed E-state index contributed by atoms with van der Waals surface area (Å²) in [5.74, 6) is -0.398. The van der Waals surface area contributed by atoms with Crippen molar-refractivity contribution in [1.82, 2.24) is 15.5 Å². The van der Waals surface area contributed by atoms with Gasteiger partial charge in [0, 0.05) is 18.4 Å². The predicted octanol–water partition coefficient (Wildman–Crippen LogP) is 2.47. The van der Waals surface area contributed by atoms with Gasteiger partial charge in [0.05, 0.1) is 12.0 Å². The standard InChI is InChI=1S/C18H17N3O5S/c1-25-18(24)16(11-5-2-3-6-12(11)22)19-14(23)8-9-15-20-17(21-26-15)13-7-4-10-27-13/h2-7,10,16,22H,8-9H2,1H3,(H,19,23)/t16-/m0/s1. The number of para-hydroxylation sites is 1. The van der Waals surface area contributed by atoms with Crippen LogP contribution >= 0.6 is 11.3 Å². The Hall–Kier alpha value is -3.20. The van der Waals surface area contributed by atoms with Crippen molar-refractivity contribution < 1.29 is 24.0 Å². The Labute approximate surface area is 158 Å². The van der Waals surface area contributed by atoms with Crippen LogP contribution in [0.1, 0.15) is 23.9 Å². The number of esters is 1. The Morgan fingerprint density at radius 3 is 2.81 bits per heavy atom. The van der Waals surface area contributed by atoms with Gasteiger partial charge in [0.2, 0.25) is 17.6 Å². The van der Waals surface area contributed by atoms with Crippen LogP contribution in [0.5, 0.6) is 5.75 Å². The summed E-state index contributed by atoms with van der Waals surface area (Å²) in [5.41, 5.74) is 0.260. The summed E-state index contributed by atoms with van der Waals surface area (Å²) < 4.78 is 9.88. The third-order valence-corrected chi connectivity index (χ3v) is 4.63. The lowest BCUT2D eigenvalue weighted by Crippen LogP contribution is -2.34. The molecular formula is C18H17N3O5S. The molecule has 2 heterocycles. The van der Waals surface area contributed by atoms with Crippen LogP contribution in [0, 0.1) is 0 Å². The maximum atomic E-state index is 12.3. The number of rotatable bonds is 7. The van der Waals surface area contributed by atoms with Gasteiger partial charge in [-0.15, -0.1) is 11.3 Å². The number of carbonyl (C=O) groups excluding carboxylic acids is 2. The lowest BCUT2D eigenvalue weighted by molar-refractivity contribution is -0.145. The highest BCUT2D eigenvalue weighted by molar-refractivity contribution is 7.13. The monoisotopic (exact) mass is 387 g/mol. The van der Waals surface area contributed by atoms with Crippen LogP contribution in [0.4, 0.5) is 0 Å². The number of hydrogen-bond donors (Lipinski definition) is 2. The Kier molecular flexibility index (Phi) is 5.82. The van der Waals surface area contributed by atoms with Crippen LogP contribution in [-0.4, -0.2) is 34.2 Å². The fourth-order valence-corrected chi connectivity index (χ4v) is 3.08. The number of nitrogens with one attached hydrogen (secondary N) is 1. The second-order valence-electron chi connectivity index (χ2n) is 5.57. The maximum Gasteiger partial charge on any atom is 0.333 e. The number of hydrogen-bond acceptors (Lipinski definition) is 8. The number of methoxy groups -OCH3 is 1. The number of aryl methyl sites for hydroxylation is 1. The van der Waals surface area contributed by atoms with Crippen LogP contribution in [0.25, 0.3) is 10.7 Å². The van der Waals surface area contributed by atoms with E-state index in [2.05, 4.69) is 15.5 Å². The number of amides is 1. The van der Waals surface area contributed by atoms with E-state index in [1.807, 2.05) is 17.5 Å². The van der Waals surface area contributed by atoms with Gasteiger partial charge in [0.15, 0.2) is 6.04 Å². The fourth-order valence-electron chi connectivity index (χ4n) is 2.43. The van der Waals surface area contributed by atoms with Crippen LogP contribution in [0.2, 0.25) is 0 Å². The highest BCUT2D eigenvalue weighted by Crippen LogP contribution is 2.25. The average Bonchev–Trinajstić information content (AvgIpc) is 3.36. The third-order valence-electron chi connectivity index (χ3n) is 3.77. The molecule has 140 valence electrons. The molecule has 1 aromatic carbocycles. The smallest absolute Gasteiger partial charge is 0.333 e. The van der Waals surface area contributed by atoms with Crippen LogP contribution in [-0.2, 0) is 20.7 Å². The summed E-state index contributed by atoms with van der Waals surface area (Å²) in [6.45, 7) is 0. The molecule has 2 N–H and O–H groups in total. The molecule has 0 aliphatic heterocycles. The topological polar surface area (TPSA) is 115 Å². The van der Waals surface area contributed by atoms with E-state index in [0.29, 0.717) is 11.7 Å². The lowest BCUT2D eigenvalue weighted by Gasteiger charge is -2.17. The van der Waals surface area contributed by atoms with Gasteiger partial charge in [0.1, 0.15) is 5.75 Å². The highest BCUT2D eigenvalue weighted by atomic mass is 32.1. The first-order valence-corrected chi connectivity index (χ1v) is 8.98. The van der Waals surface area contributed by atoms with Crippen molar-refractivity contribution in [3.05, 3.63) is 53.2 Å².